The van der Waals surface area contributed by atoms with E-state index in [2.05, 4.69) is 23.5 Å². The quantitative estimate of drug-likeness (QED) is 0.744. The van der Waals surface area contributed by atoms with Crippen molar-refractivity contribution in [2.45, 2.75) is 33.4 Å². The van der Waals surface area contributed by atoms with Gasteiger partial charge in [-0.25, -0.2) is 0 Å². The summed E-state index contributed by atoms with van der Waals surface area (Å²) >= 11 is 0. The lowest BCUT2D eigenvalue weighted by atomic mass is 10.0. The molecule has 3 aromatic carbocycles. The van der Waals surface area contributed by atoms with Crippen LogP contribution in [0.3, 0.4) is 0 Å². The molecule has 0 saturated heterocycles. The van der Waals surface area contributed by atoms with Gasteiger partial charge in [0.1, 0.15) is 5.75 Å². The number of ether oxygens (including phenoxy) is 1. The fourth-order valence-corrected chi connectivity index (χ4v) is 2.87. The molecule has 0 unspecified atom stereocenters. The van der Waals surface area contributed by atoms with Crippen molar-refractivity contribution >= 4 is 16.7 Å². The lowest BCUT2D eigenvalue weighted by Gasteiger charge is -2.17. The first-order valence-corrected chi connectivity index (χ1v) is 8.53. The standard InChI is InChI=1S/C22H23NO2/c1-15-8-6-13-21(16(15)2)25-17(3)22(24)23-14-19-11-7-10-18-9-4-5-12-20(18)19/h4-13,17H,14H2,1-3H3,(H,23,24)/t17-/m1/s1. The molecular formula is C22H23NO2. The van der Waals surface area contributed by atoms with Gasteiger partial charge in [0.05, 0.1) is 0 Å². The van der Waals surface area contributed by atoms with Crippen LogP contribution in [0.15, 0.2) is 60.7 Å². The number of carbonyl (C=O) groups is 1. The SMILES string of the molecule is Cc1cccc(O[C@H](C)C(=O)NCc2cccc3ccccc23)c1C. The highest BCUT2D eigenvalue weighted by atomic mass is 16.5. The molecule has 128 valence electrons. The van der Waals surface area contributed by atoms with Crippen molar-refractivity contribution < 1.29 is 9.53 Å². The minimum absolute atomic E-state index is 0.117. The minimum atomic E-state index is -0.546. The molecule has 3 rings (SSSR count). The Balaban J connectivity index is 1.66. The maximum absolute atomic E-state index is 12.4. The molecule has 0 saturated carbocycles. The number of fused-ring (bicyclic) bond motifs is 1. The molecule has 0 aliphatic rings. The molecule has 0 aromatic heterocycles. The lowest BCUT2D eigenvalue weighted by Crippen LogP contribution is -2.36. The van der Waals surface area contributed by atoms with Gasteiger partial charge in [0, 0.05) is 6.54 Å². The molecule has 1 atom stereocenters. The normalized spacial score (nSPS) is 12.0. The number of rotatable bonds is 5. The van der Waals surface area contributed by atoms with Gasteiger partial charge in [-0.1, -0.05) is 54.6 Å². The number of benzene rings is 3. The monoisotopic (exact) mass is 333 g/mol. The van der Waals surface area contributed by atoms with Crippen molar-refractivity contribution in [1.82, 2.24) is 5.32 Å². The third-order valence-electron chi connectivity index (χ3n) is 4.56. The number of carbonyl (C=O) groups excluding carboxylic acids is 1. The topological polar surface area (TPSA) is 38.3 Å². The molecule has 0 aliphatic heterocycles. The Labute approximate surface area is 148 Å². The van der Waals surface area contributed by atoms with Gasteiger partial charge in [-0.05, 0) is 54.3 Å². The fourth-order valence-electron chi connectivity index (χ4n) is 2.87. The molecule has 1 amide bonds. The maximum atomic E-state index is 12.4. The average molecular weight is 333 g/mol. The summed E-state index contributed by atoms with van der Waals surface area (Å²) in [5, 5.41) is 5.32. The Bertz CT molecular complexity index is 896. The van der Waals surface area contributed by atoms with Gasteiger partial charge in [-0.15, -0.1) is 0 Å². The summed E-state index contributed by atoms with van der Waals surface area (Å²) < 4.78 is 5.85. The van der Waals surface area contributed by atoms with Gasteiger partial charge in [0.15, 0.2) is 6.10 Å². The van der Waals surface area contributed by atoms with Gasteiger partial charge in [-0.3, -0.25) is 4.79 Å². The van der Waals surface area contributed by atoms with E-state index in [1.165, 1.54) is 5.39 Å². The zero-order valence-electron chi connectivity index (χ0n) is 14.9. The highest BCUT2D eigenvalue weighted by Gasteiger charge is 2.16. The molecule has 3 nitrogen and oxygen atoms in total. The van der Waals surface area contributed by atoms with Crippen LogP contribution < -0.4 is 10.1 Å². The predicted octanol–water partition coefficient (Wildman–Crippen LogP) is 4.54. The second-order valence-corrected chi connectivity index (χ2v) is 6.31. The first-order chi connectivity index (χ1) is 12.1. The summed E-state index contributed by atoms with van der Waals surface area (Å²) in [7, 11) is 0. The highest BCUT2D eigenvalue weighted by molar-refractivity contribution is 5.86. The summed E-state index contributed by atoms with van der Waals surface area (Å²) in [6.45, 7) is 6.31. The van der Waals surface area contributed by atoms with E-state index in [0.717, 1.165) is 27.8 Å². The molecule has 0 heterocycles. The summed E-state index contributed by atoms with van der Waals surface area (Å²) in [5.41, 5.74) is 3.32. The van der Waals surface area contributed by atoms with Crippen LogP contribution in [0.5, 0.6) is 5.75 Å². The number of aryl methyl sites for hydroxylation is 1. The van der Waals surface area contributed by atoms with Crippen LogP contribution in [0.1, 0.15) is 23.6 Å². The van der Waals surface area contributed by atoms with Crippen molar-refractivity contribution in [3.63, 3.8) is 0 Å². The Kier molecular flexibility index (Phi) is 5.03. The Hall–Kier alpha value is -2.81. The van der Waals surface area contributed by atoms with E-state index in [9.17, 15) is 4.79 Å². The van der Waals surface area contributed by atoms with Crippen molar-refractivity contribution in [2.24, 2.45) is 0 Å². The Morgan fingerprint density at radius 3 is 2.56 bits per heavy atom. The minimum Gasteiger partial charge on any atom is -0.481 e. The number of hydrogen-bond acceptors (Lipinski definition) is 2. The molecule has 0 aliphatic carbocycles. The molecule has 0 bridgehead atoms. The number of amides is 1. The van der Waals surface area contributed by atoms with Gasteiger partial charge in [0.2, 0.25) is 0 Å². The maximum Gasteiger partial charge on any atom is 0.261 e. The smallest absolute Gasteiger partial charge is 0.261 e. The van der Waals surface area contributed by atoms with Crippen LogP contribution in [0.4, 0.5) is 0 Å². The summed E-state index contributed by atoms with van der Waals surface area (Å²) in [6.07, 6.45) is -0.546. The van der Waals surface area contributed by atoms with Crippen molar-refractivity contribution in [2.75, 3.05) is 0 Å². The largest absolute Gasteiger partial charge is 0.481 e. The summed E-state index contributed by atoms with van der Waals surface area (Å²) in [6, 6.07) is 20.2. The van der Waals surface area contributed by atoms with Crippen LogP contribution in [0.2, 0.25) is 0 Å². The molecule has 0 spiro atoms. The first kappa shape index (κ1) is 17.0. The number of nitrogens with one attached hydrogen (secondary N) is 1. The highest BCUT2D eigenvalue weighted by Crippen LogP contribution is 2.22. The molecule has 0 radical (unpaired) electrons. The van der Waals surface area contributed by atoms with Crippen molar-refractivity contribution in [1.29, 1.82) is 0 Å². The van der Waals surface area contributed by atoms with E-state index in [1.807, 2.05) is 56.3 Å². The van der Waals surface area contributed by atoms with Gasteiger partial charge < -0.3 is 10.1 Å². The van der Waals surface area contributed by atoms with Gasteiger partial charge in [-0.2, -0.15) is 0 Å². The molecule has 3 aromatic rings. The molecule has 3 heteroatoms. The van der Waals surface area contributed by atoms with Crippen LogP contribution >= 0.6 is 0 Å². The van der Waals surface area contributed by atoms with Crippen LogP contribution in [-0.4, -0.2) is 12.0 Å². The number of hydrogen-bond donors (Lipinski definition) is 1. The lowest BCUT2D eigenvalue weighted by molar-refractivity contribution is -0.127. The third kappa shape index (κ3) is 3.82. The molecule has 25 heavy (non-hydrogen) atoms. The fraction of sp³-hybridized carbons (Fsp3) is 0.227. The van der Waals surface area contributed by atoms with Gasteiger partial charge >= 0.3 is 0 Å². The first-order valence-electron chi connectivity index (χ1n) is 8.53. The van der Waals surface area contributed by atoms with Crippen LogP contribution in [0, 0.1) is 13.8 Å². The molecule has 1 N–H and O–H groups in total. The zero-order valence-corrected chi connectivity index (χ0v) is 14.9. The van der Waals surface area contributed by atoms with E-state index in [4.69, 9.17) is 4.74 Å². The van der Waals surface area contributed by atoms with Crippen LogP contribution in [-0.2, 0) is 11.3 Å². The average Bonchev–Trinajstić information content (AvgIpc) is 2.63. The Morgan fingerprint density at radius 2 is 1.72 bits per heavy atom. The second kappa shape index (κ2) is 7.39. The van der Waals surface area contributed by atoms with Crippen LogP contribution in [0.25, 0.3) is 10.8 Å². The van der Waals surface area contributed by atoms with Gasteiger partial charge in [0.25, 0.3) is 5.91 Å². The van der Waals surface area contributed by atoms with E-state index in [0.29, 0.717) is 6.54 Å². The van der Waals surface area contributed by atoms with E-state index in [-0.39, 0.29) is 5.91 Å². The molecule has 0 fully saturated rings. The van der Waals surface area contributed by atoms with E-state index < -0.39 is 6.10 Å². The molecular weight excluding hydrogens is 310 g/mol. The summed E-state index contributed by atoms with van der Waals surface area (Å²) in [5.74, 6) is 0.640. The second-order valence-electron chi connectivity index (χ2n) is 6.31. The zero-order chi connectivity index (χ0) is 17.8. The van der Waals surface area contributed by atoms with Crippen molar-refractivity contribution in [3.05, 3.63) is 77.4 Å². The predicted molar refractivity (Wildman–Crippen MR) is 102 cm³/mol. The Morgan fingerprint density at radius 1 is 1.00 bits per heavy atom. The van der Waals surface area contributed by atoms with E-state index in [1.54, 1.807) is 6.92 Å². The summed E-state index contributed by atoms with van der Waals surface area (Å²) in [4.78, 5) is 12.4. The van der Waals surface area contributed by atoms with E-state index >= 15 is 0 Å². The third-order valence-corrected chi connectivity index (χ3v) is 4.56. The van der Waals surface area contributed by atoms with Crippen molar-refractivity contribution in [3.8, 4) is 5.75 Å².